The Morgan fingerprint density at radius 3 is 2.07 bits per heavy atom. The number of likely N-dealkylation sites (tertiary alicyclic amines) is 1. The summed E-state index contributed by atoms with van der Waals surface area (Å²) in [7, 11) is 0. The van der Waals surface area contributed by atoms with Crippen LogP contribution in [0.5, 0.6) is 0 Å². The Bertz CT molecular complexity index is 120. The third kappa shape index (κ3) is 5.18. The Labute approximate surface area is 95.1 Å². The minimum atomic E-state index is 0. The molecule has 1 N–H and O–H groups in total. The molecule has 0 unspecified atom stereocenters. The smallest absolute Gasteiger partial charge is 0.0900 e. The zero-order chi connectivity index (χ0) is 9.52. The highest BCUT2D eigenvalue weighted by Crippen LogP contribution is 2.06. The van der Waals surface area contributed by atoms with E-state index in [9.17, 15) is 0 Å². The summed E-state index contributed by atoms with van der Waals surface area (Å²) >= 11 is 0. The predicted molar refractivity (Wildman–Crippen MR) is 57.2 cm³/mol. The van der Waals surface area contributed by atoms with Gasteiger partial charge in [0.05, 0.1) is 19.6 Å². The fraction of sp³-hybridized carbons (Fsp3) is 1.00. The zero-order valence-corrected chi connectivity index (χ0v) is 10.4. The SMILES string of the molecule is CC[NH+](CC)CCN1CCCCC1.[Cl-]. The van der Waals surface area contributed by atoms with Crippen molar-refractivity contribution in [3.05, 3.63) is 0 Å². The van der Waals surface area contributed by atoms with Crippen LogP contribution in [0.15, 0.2) is 0 Å². The van der Waals surface area contributed by atoms with Gasteiger partial charge in [-0.05, 0) is 39.8 Å². The molecule has 0 aromatic carbocycles. The monoisotopic (exact) mass is 220 g/mol. The first-order chi connectivity index (χ1) is 6.36. The fourth-order valence-corrected chi connectivity index (χ4v) is 2.10. The number of halogens is 1. The lowest BCUT2D eigenvalue weighted by Crippen LogP contribution is -3.12. The van der Waals surface area contributed by atoms with Gasteiger partial charge >= 0.3 is 0 Å². The molecular formula is C11H25ClN2. The van der Waals surface area contributed by atoms with Crippen LogP contribution in [0.2, 0.25) is 0 Å². The van der Waals surface area contributed by atoms with Crippen LogP contribution in [0, 0.1) is 0 Å². The Morgan fingerprint density at radius 1 is 1.00 bits per heavy atom. The van der Waals surface area contributed by atoms with Gasteiger partial charge in [-0.15, -0.1) is 0 Å². The molecule has 86 valence electrons. The van der Waals surface area contributed by atoms with E-state index in [2.05, 4.69) is 18.7 Å². The molecular weight excluding hydrogens is 196 g/mol. The molecule has 1 heterocycles. The first kappa shape index (κ1) is 14.2. The van der Waals surface area contributed by atoms with Gasteiger partial charge in [0.2, 0.25) is 0 Å². The molecule has 0 amide bonds. The first-order valence-electron chi connectivity index (χ1n) is 5.92. The van der Waals surface area contributed by atoms with Crippen molar-refractivity contribution in [2.45, 2.75) is 33.1 Å². The summed E-state index contributed by atoms with van der Waals surface area (Å²) in [5, 5.41) is 0. The largest absolute Gasteiger partial charge is 1.00 e. The first-order valence-corrected chi connectivity index (χ1v) is 5.92. The van der Waals surface area contributed by atoms with E-state index >= 15 is 0 Å². The number of nitrogens with one attached hydrogen (secondary N) is 1. The molecule has 0 aliphatic carbocycles. The maximum Gasteiger partial charge on any atom is 0.0900 e. The van der Waals surface area contributed by atoms with Crippen LogP contribution in [0.3, 0.4) is 0 Å². The Hall–Kier alpha value is 0.210. The van der Waals surface area contributed by atoms with Crippen molar-refractivity contribution in [2.75, 3.05) is 39.3 Å². The number of piperidine rings is 1. The van der Waals surface area contributed by atoms with Crippen LogP contribution in [0.4, 0.5) is 0 Å². The predicted octanol–water partition coefficient (Wildman–Crippen LogP) is -2.60. The summed E-state index contributed by atoms with van der Waals surface area (Å²) in [6.07, 6.45) is 4.30. The molecule has 0 aromatic rings. The van der Waals surface area contributed by atoms with Gasteiger partial charge in [-0.25, -0.2) is 0 Å². The van der Waals surface area contributed by atoms with E-state index in [1.54, 1.807) is 4.90 Å². The van der Waals surface area contributed by atoms with Gasteiger partial charge < -0.3 is 17.3 Å². The lowest BCUT2D eigenvalue weighted by Gasteiger charge is -2.27. The standard InChI is InChI=1S/C11H24N2.ClH/c1-3-12(4-2)10-11-13-8-6-5-7-9-13;/h3-11H2,1-2H3;1H. The number of likely N-dealkylation sites (N-methyl/N-ethyl adjacent to an activating group) is 1. The Balaban J connectivity index is 0.00000169. The molecule has 0 radical (unpaired) electrons. The van der Waals surface area contributed by atoms with Crippen molar-refractivity contribution in [3.63, 3.8) is 0 Å². The van der Waals surface area contributed by atoms with Crippen molar-refractivity contribution >= 4 is 0 Å². The molecule has 0 atom stereocenters. The van der Waals surface area contributed by atoms with Gasteiger partial charge in [0.15, 0.2) is 0 Å². The van der Waals surface area contributed by atoms with E-state index in [1.165, 1.54) is 58.5 Å². The number of hydrogen-bond acceptors (Lipinski definition) is 1. The van der Waals surface area contributed by atoms with Crippen molar-refractivity contribution in [1.29, 1.82) is 0 Å². The highest BCUT2D eigenvalue weighted by molar-refractivity contribution is 4.63. The van der Waals surface area contributed by atoms with Gasteiger partial charge in [0.25, 0.3) is 0 Å². The molecule has 0 saturated carbocycles. The molecule has 14 heavy (non-hydrogen) atoms. The summed E-state index contributed by atoms with van der Waals surface area (Å²) < 4.78 is 0. The lowest BCUT2D eigenvalue weighted by atomic mass is 10.1. The second-order valence-corrected chi connectivity index (χ2v) is 4.11. The van der Waals surface area contributed by atoms with E-state index in [0.29, 0.717) is 0 Å². The van der Waals surface area contributed by atoms with Crippen LogP contribution in [-0.4, -0.2) is 44.2 Å². The summed E-state index contributed by atoms with van der Waals surface area (Å²) in [4.78, 5) is 4.38. The van der Waals surface area contributed by atoms with Crippen LogP contribution in [0.1, 0.15) is 33.1 Å². The van der Waals surface area contributed by atoms with Crippen LogP contribution in [-0.2, 0) is 0 Å². The summed E-state index contributed by atoms with van der Waals surface area (Å²) in [5.74, 6) is 0. The summed E-state index contributed by atoms with van der Waals surface area (Å²) in [6.45, 7) is 12.5. The highest BCUT2D eigenvalue weighted by atomic mass is 35.5. The third-order valence-electron chi connectivity index (χ3n) is 3.23. The second-order valence-electron chi connectivity index (χ2n) is 4.11. The average Bonchev–Trinajstić information content (AvgIpc) is 2.21. The minimum Gasteiger partial charge on any atom is -1.00 e. The number of nitrogens with zero attached hydrogens (tertiary/aromatic N) is 1. The molecule has 3 heteroatoms. The van der Waals surface area contributed by atoms with Gasteiger partial charge in [0.1, 0.15) is 0 Å². The van der Waals surface area contributed by atoms with Crippen molar-refractivity contribution in [2.24, 2.45) is 0 Å². The number of quaternary nitrogens is 1. The zero-order valence-electron chi connectivity index (χ0n) is 9.69. The average molecular weight is 221 g/mol. The molecule has 1 saturated heterocycles. The fourth-order valence-electron chi connectivity index (χ4n) is 2.10. The molecule has 1 fully saturated rings. The van der Waals surface area contributed by atoms with Crippen molar-refractivity contribution in [1.82, 2.24) is 4.90 Å². The third-order valence-corrected chi connectivity index (χ3v) is 3.23. The maximum atomic E-state index is 2.63. The second kappa shape index (κ2) is 8.51. The van der Waals surface area contributed by atoms with Crippen molar-refractivity contribution in [3.8, 4) is 0 Å². The molecule has 0 aromatic heterocycles. The molecule has 1 aliphatic heterocycles. The van der Waals surface area contributed by atoms with E-state index in [1.807, 2.05) is 0 Å². The molecule has 1 aliphatic rings. The van der Waals surface area contributed by atoms with Gasteiger partial charge in [-0.3, -0.25) is 4.90 Å². The van der Waals surface area contributed by atoms with Gasteiger partial charge in [0, 0.05) is 6.54 Å². The number of hydrogen-bond donors (Lipinski definition) is 1. The maximum absolute atomic E-state index is 2.63. The number of rotatable bonds is 5. The van der Waals surface area contributed by atoms with Crippen LogP contribution < -0.4 is 17.3 Å². The van der Waals surface area contributed by atoms with E-state index in [-0.39, 0.29) is 12.4 Å². The molecule has 1 rings (SSSR count). The van der Waals surface area contributed by atoms with Crippen LogP contribution in [0.25, 0.3) is 0 Å². The normalized spacial score (nSPS) is 18.2. The quantitative estimate of drug-likeness (QED) is 0.534. The van der Waals surface area contributed by atoms with Crippen molar-refractivity contribution < 1.29 is 17.3 Å². The van der Waals surface area contributed by atoms with Gasteiger partial charge in [-0.1, -0.05) is 6.42 Å². The molecule has 0 bridgehead atoms. The summed E-state index contributed by atoms with van der Waals surface area (Å²) in [5.41, 5.74) is 0. The van der Waals surface area contributed by atoms with E-state index in [0.717, 1.165) is 0 Å². The van der Waals surface area contributed by atoms with Gasteiger partial charge in [-0.2, -0.15) is 0 Å². The Morgan fingerprint density at radius 2 is 1.57 bits per heavy atom. The summed E-state index contributed by atoms with van der Waals surface area (Å²) in [6, 6.07) is 0. The molecule has 2 nitrogen and oxygen atoms in total. The minimum absolute atomic E-state index is 0. The Kier molecular flexibility index (Phi) is 8.64. The van der Waals surface area contributed by atoms with E-state index < -0.39 is 0 Å². The van der Waals surface area contributed by atoms with E-state index in [4.69, 9.17) is 0 Å². The lowest BCUT2D eigenvalue weighted by molar-refractivity contribution is -0.895. The molecule has 0 spiro atoms. The van der Waals surface area contributed by atoms with Crippen LogP contribution >= 0.6 is 0 Å². The highest BCUT2D eigenvalue weighted by Gasteiger charge is 2.11. The topological polar surface area (TPSA) is 7.68 Å².